The summed E-state index contributed by atoms with van der Waals surface area (Å²) < 4.78 is 27.7. The third kappa shape index (κ3) is 3.72. The van der Waals surface area contributed by atoms with E-state index in [4.69, 9.17) is 5.11 Å². The van der Waals surface area contributed by atoms with Crippen molar-refractivity contribution in [1.82, 2.24) is 10.2 Å². The van der Waals surface area contributed by atoms with Crippen LogP contribution in [-0.2, 0) is 9.59 Å². The molecule has 0 bridgehead atoms. The summed E-state index contributed by atoms with van der Waals surface area (Å²) in [6, 6.07) is 2.22. The highest BCUT2D eigenvalue weighted by molar-refractivity contribution is 5.98. The number of piperidine rings is 1. The molecule has 8 heteroatoms. The Bertz CT molecular complexity index is 783. The van der Waals surface area contributed by atoms with Crippen LogP contribution in [-0.4, -0.2) is 46.9 Å². The van der Waals surface area contributed by atoms with Gasteiger partial charge < -0.3 is 15.3 Å². The number of benzene rings is 1. The number of nitrogens with zero attached hydrogens (tertiary/aromatic N) is 1. The van der Waals surface area contributed by atoms with Crippen molar-refractivity contribution >= 4 is 17.8 Å². The van der Waals surface area contributed by atoms with Gasteiger partial charge in [-0.3, -0.25) is 14.4 Å². The molecule has 1 aromatic rings. The number of carboxylic acids is 1. The van der Waals surface area contributed by atoms with Crippen LogP contribution >= 0.6 is 0 Å². The lowest BCUT2D eigenvalue weighted by Gasteiger charge is -2.36. The summed E-state index contributed by atoms with van der Waals surface area (Å²) in [6.07, 6.45) is 1.86. The molecule has 2 atom stereocenters. The molecule has 1 aliphatic heterocycles. The molecule has 152 valence electrons. The van der Waals surface area contributed by atoms with Gasteiger partial charge in [0.15, 0.2) is 0 Å². The predicted molar refractivity (Wildman–Crippen MR) is 96.4 cm³/mol. The first kappa shape index (κ1) is 20.2. The molecular formula is C20H24F2N2O4. The normalized spacial score (nSPS) is 21.5. The van der Waals surface area contributed by atoms with Gasteiger partial charge in [0.25, 0.3) is 5.91 Å². The van der Waals surface area contributed by atoms with Crippen LogP contribution < -0.4 is 5.32 Å². The number of nitrogens with one attached hydrogen (secondary N) is 1. The smallest absolute Gasteiger partial charge is 0.307 e. The SMILES string of the molecule is CC(C)C(NC(=O)c1c(F)cccc1F)C(=O)N1CCC2(CC1)CC2C(=O)O. The summed E-state index contributed by atoms with van der Waals surface area (Å²) in [5.74, 6) is -4.67. The average molecular weight is 394 g/mol. The van der Waals surface area contributed by atoms with Gasteiger partial charge in [0.1, 0.15) is 23.2 Å². The summed E-state index contributed by atoms with van der Waals surface area (Å²) in [4.78, 5) is 38.1. The maximum absolute atomic E-state index is 13.9. The van der Waals surface area contributed by atoms with Crippen LogP contribution in [0, 0.1) is 28.9 Å². The van der Waals surface area contributed by atoms with E-state index in [-0.39, 0.29) is 23.2 Å². The summed E-state index contributed by atoms with van der Waals surface area (Å²) in [5.41, 5.74) is -0.920. The Morgan fingerprint density at radius 3 is 2.21 bits per heavy atom. The second-order valence-electron chi connectivity index (χ2n) is 8.07. The molecule has 1 heterocycles. The second-order valence-corrected chi connectivity index (χ2v) is 8.07. The van der Waals surface area contributed by atoms with Crippen LogP contribution in [0.3, 0.4) is 0 Å². The molecule has 28 heavy (non-hydrogen) atoms. The maximum Gasteiger partial charge on any atom is 0.307 e. The number of amides is 2. The van der Waals surface area contributed by atoms with Crippen LogP contribution in [0.5, 0.6) is 0 Å². The molecule has 2 amide bonds. The van der Waals surface area contributed by atoms with E-state index in [2.05, 4.69) is 5.32 Å². The van der Waals surface area contributed by atoms with Gasteiger partial charge in [-0.25, -0.2) is 8.78 Å². The van der Waals surface area contributed by atoms with Gasteiger partial charge in [0, 0.05) is 13.1 Å². The van der Waals surface area contributed by atoms with Gasteiger partial charge in [0.05, 0.1) is 5.92 Å². The molecule has 1 saturated carbocycles. The van der Waals surface area contributed by atoms with Gasteiger partial charge in [-0.15, -0.1) is 0 Å². The molecule has 0 aromatic heterocycles. The minimum atomic E-state index is -0.985. The zero-order chi connectivity index (χ0) is 20.6. The van der Waals surface area contributed by atoms with Crippen molar-refractivity contribution in [3.8, 4) is 0 Å². The summed E-state index contributed by atoms with van der Waals surface area (Å²) in [7, 11) is 0. The van der Waals surface area contributed by atoms with Crippen molar-refractivity contribution < 1.29 is 28.3 Å². The van der Waals surface area contributed by atoms with Crippen molar-refractivity contribution in [3.05, 3.63) is 35.4 Å². The Morgan fingerprint density at radius 2 is 1.75 bits per heavy atom. The highest BCUT2D eigenvalue weighted by atomic mass is 19.1. The van der Waals surface area contributed by atoms with Crippen molar-refractivity contribution in [2.24, 2.45) is 17.3 Å². The van der Waals surface area contributed by atoms with E-state index in [0.717, 1.165) is 12.1 Å². The molecule has 0 radical (unpaired) electrons. The van der Waals surface area contributed by atoms with E-state index >= 15 is 0 Å². The fourth-order valence-corrected chi connectivity index (χ4v) is 4.06. The Hall–Kier alpha value is -2.51. The van der Waals surface area contributed by atoms with Gasteiger partial charge in [-0.2, -0.15) is 0 Å². The standard InChI is InChI=1S/C20H24F2N2O4/c1-11(2)16(23-17(25)15-13(21)4-3-5-14(15)22)18(26)24-8-6-20(7-9-24)10-12(20)19(27)28/h3-5,11-12,16H,6-10H2,1-2H3,(H,23,25)(H,27,28). The Kier molecular flexibility index (Phi) is 5.41. The number of hydrogen-bond acceptors (Lipinski definition) is 3. The molecule has 2 aliphatic rings. The molecule has 2 N–H and O–H groups in total. The van der Waals surface area contributed by atoms with Crippen LogP contribution in [0.1, 0.15) is 43.5 Å². The maximum atomic E-state index is 13.9. The van der Waals surface area contributed by atoms with Gasteiger partial charge in [-0.05, 0) is 42.7 Å². The van der Waals surface area contributed by atoms with Gasteiger partial charge in [0.2, 0.25) is 5.91 Å². The number of carbonyl (C=O) groups excluding carboxylic acids is 2. The lowest BCUT2D eigenvalue weighted by Crippen LogP contribution is -2.53. The van der Waals surface area contributed by atoms with Crippen molar-refractivity contribution in [2.45, 2.75) is 39.2 Å². The third-order valence-electron chi connectivity index (χ3n) is 5.97. The zero-order valence-corrected chi connectivity index (χ0v) is 15.9. The van der Waals surface area contributed by atoms with Crippen molar-refractivity contribution in [3.63, 3.8) is 0 Å². The molecule has 3 rings (SSSR count). The number of hydrogen-bond donors (Lipinski definition) is 2. The van der Waals surface area contributed by atoms with E-state index in [0.29, 0.717) is 32.4 Å². The van der Waals surface area contributed by atoms with Gasteiger partial charge >= 0.3 is 5.97 Å². The topological polar surface area (TPSA) is 86.7 Å². The van der Waals surface area contributed by atoms with Crippen LogP contribution in [0.15, 0.2) is 18.2 Å². The van der Waals surface area contributed by atoms with E-state index < -0.39 is 35.1 Å². The minimum Gasteiger partial charge on any atom is -0.481 e. The highest BCUT2D eigenvalue weighted by Crippen LogP contribution is 2.59. The van der Waals surface area contributed by atoms with E-state index in [1.807, 2.05) is 0 Å². The number of likely N-dealkylation sites (tertiary alicyclic amines) is 1. The highest BCUT2D eigenvalue weighted by Gasteiger charge is 2.59. The molecular weight excluding hydrogens is 370 g/mol. The first-order valence-electron chi connectivity index (χ1n) is 9.43. The first-order valence-corrected chi connectivity index (χ1v) is 9.43. The summed E-state index contributed by atoms with van der Waals surface area (Å²) in [6.45, 7) is 4.31. The number of aliphatic carboxylic acids is 1. The number of carboxylic acid groups (broad SMARTS) is 1. The second kappa shape index (κ2) is 7.48. The van der Waals surface area contributed by atoms with Crippen molar-refractivity contribution in [2.75, 3.05) is 13.1 Å². The Labute approximate surface area is 161 Å². The van der Waals surface area contributed by atoms with Crippen LogP contribution in [0.2, 0.25) is 0 Å². The van der Waals surface area contributed by atoms with E-state index in [9.17, 15) is 23.2 Å². The summed E-state index contributed by atoms with van der Waals surface area (Å²) >= 11 is 0. The molecule has 1 saturated heterocycles. The minimum absolute atomic E-state index is 0.213. The largest absolute Gasteiger partial charge is 0.481 e. The molecule has 1 aliphatic carbocycles. The van der Waals surface area contributed by atoms with Gasteiger partial charge in [-0.1, -0.05) is 19.9 Å². The zero-order valence-electron chi connectivity index (χ0n) is 15.9. The quantitative estimate of drug-likeness (QED) is 0.803. The van der Waals surface area contributed by atoms with E-state index in [1.54, 1.807) is 18.7 Å². The Balaban J connectivity index is 1.67. The lowest BCUT2D eigenvalue weighted by atomic mass is 9.90. The number of carbonyl (C=O) groups is 3. The van der Waals surface area contributed by atoms with Crippen LogP contribution in [0.4, 0.5) is 8.78 Å². The molecule has 2 fully saturated rings. The fraction of sp³-hybridized carbons (Fsp3) is 0.550. The molecule has 1 spiro atoms. The fourth-order valence-electron chi connectivity index (χ4n) is 4.06. The Morgan fingerprint density at radius 1 is 1.18 bits per heavy atom. The number of rotatable bonds is 5. The predicted octanol–water partition coefficient (Wildman–Crippen LogP) is 2.43. The van der Waals surface area contributed by atoms with Crippen molar-refractivity contribution in [1.29, 1.82) is 0 Å². The molecule has 2 unspecified atom stereocenters. The molecule has 1 aromatic carbocycles. The lowest BCUT2D eigenvalue weighted by molar-refractivity contribution is -0.140. The van der Waals surface area contributed by atoms with Crippen LogP contribution in [0.25, 0.3) is 0 Å². The monoisotopic (exact) mass is 394 g/mol. The average Bonchev–Trinajstić information content (AvgIpc) is 3.33. The number of halogens is 2. The van der Waals surface area contributed by atoms with E-state index in [1.165, 1.54) is 6.07 Å². The summed E-state index contributed by atoms with van der Waals surface area (Å²) in [5, 5.41) is 11.6. The molecule has 6 nitrogen and oxygen atoms in total. The first-order chi connectivity index (χ1) is 13.2. The third-order valence-corrected chi connectivity index (χ3v) is 5.97.